The van der Waals surface area contributed by atoms with Crippen molar-refractivity contribution in [3.63, 3.8) is 0 Å². The smallest absolute Gasteiger partial charge is 0.0707 e. The summed E-state index contributed by atoms with van der Waals surface area (Å²) in [5.74, 6) is -1.13. The molecule has 2 aromatic carbocycles. The number of carboxylic acid groups (broad SMARTS) is 1. The number of carbonyl (C=O) groups is 1. The highest BCUT2D eigenvalue weighted by Crippen LogP contribution is 2.38. The van der Waals surface area contributed by atoms with E-state index in [9.17, 15) is 9.90 Å². The molecule has 0 aliphatic heterocycles. The number of carboxylic acids is 1. The zero-order chi connectivity index (χ0) is 15.9. The summed E-state index contributed by atoms with van der Waals surface area (Å²) in [4.78, 5) is 9.91. The van der Waals surface area contributed by atoms with Crippen molar-refractivity contribution in [2.45, 2.75) is 22.5 Å². The largest absolute Gasteiger partial charge is 0.549 e. The van der Waals surface area contributed by atoms with E-state index in [1.807, 2.05) is 18.2 Å². The van der Waals surface area contributed by atoms with Gasteiger partial charge in [0, 0.05) is 5.02 Å². The molecule has 0 bridgehead atoms. The van der Waals surface area contributed by atoms with Gasteiger partial charge in [-0.1, -0.05) is 67.7 Å². The van der Waals surface area contributed by atoms with Crippen LogP contribution in [0.15, 0.2) is 36.4 Å². The van der Waals surface area contributed by atoms with Crippen LogP contribution >= 0.6 is 43.5 Å². The summed E-state index contributed by atoms with van der Waals surface area (Å²) < 4.78 is 0. The summed E-state index contributed by atoms with van der Waals surface area (Å²) in [6, 6.07) is 12.1. The van der Waals surface area contributed by atoms with Crippen LogP contribution in [0.25, 0.3) is 11.1 Å². The zero-order valence-electron chi connectivity index (χ0n) is 11.5. The lowest BCUT2D eigenvalue weighted by molar-refractivity contribution is -0.304. The first-order chi connectivity index (χ1) is 10.5. The fourth-order valence-corrected chi connectivity index (χ4v) is 3.84. The quantitative estimate of drug-likeness (QED) is 0.672. The van der Waals surface area contributed by atoms with Gasteiger partial charge in [-0.25, -0.2) is 0 Å². The second-order valence-electron chi connectivity index (χ2n) is 5.34. The lowest BCUT2D eigenvalue weighted by Crippen LogP contribution is -2.34. The lowest BCUT2D eigenvalue weighted by atomic mass is 9.84. The maximum absolute atomic E-state index is 11.0. The van der Waals surface area contributed by atoms with E-state index < -0.39 is 10.8 Å². The summed E-state index contributed by atoms with van der Waals surface area (Å²) in [5.41, 5.74) is 5.83. The Bertz CT molecular complexity index is 745. The summed E-state index contributed by atoms with van der Waals surface area (Å²) in [6.45, 7) is 0. The Balaban J connectivity index is 1.99. The number of hydrogen-bond acceptors (Lipinski definition) is 2. The van der Waals surface area contributed by atoms with Crippen molar-refractivity contribution in [3.8, 4) is 11.1 Å². The van der Waals surface area contributed by atoms with Crippen molar-refractivity contribution in [1.82, 2.24) is 0 Å². The Hall–Kier alpha value is -0.840. The molecule has 5 heteroatoms. The minimum atomic E-state index is -1.13. The van der Waals surface area contributed by atoms with E-state index in [1.165, 1.54) is 22.3 Å². The molecule has 2 unspecified atom stereocenters. The average molecular weight is 444 g/mol. The normalized spacial score (nSPS) is 15.6. The van der Waals surface area contributed by atoms with Gasteiger partial charge in [-0.3, -0.25) is 0 Å². The van der Waals surface area contributed by atoms with Crippen molar-refractivity contribution in [3.05, 3.63) is 58.1 Å². The van der Waals surface area contributed by atoms with Gasteiger partial charge in [0.15, 0.2) is 0 Å². The number of rotatable bonds is 3. The van der Waals surface area contributed by atoms with Gasteiger partial charge >= 0.3 is 0 Å². The number of carbonyl (C=O) groups excluding carboxylic acids is 1. The topological polar surface area (TPSA) is 40.1 Å². The van der Waals surface area contributed by atoms with Gasteiger partial charge in [-0.05, 0) is 52.8 Å². The van der Waals surface area contributed by atoms with E-state index in [2.05, 4.69) is 50.1 Å². The van der Waals surface area contributed by atoms with Crippen LogP contribution in [0.1, 0.15) is 21.5 Å². The van der Waals surface area contributed by atoms with Crippen LogP contribution in [0, 0.1) is 0 Å². The maximum Gasteiger partial charge on any atom is 0.0707 e. The third-order valence-corrected chi connectivity index (χ3v) is 6.86. The van der Waals surface area contributed by atoms with Crippen LogP contribution in [0.2, 0.25) is 5.02 Å². The minimum absolute atomic E-state index is 0.325. The molecule has 1 aliphatic carbocycles. The number of aliphatic carboxylic acids is 1. The molecule has 2 atom stereocenters. The van der Waals surface area contributed by atoms with Crippen LogP contribution in [0.3, 0.4) is 0 Å². The molecule has 2 aromatic rings. The van der Waals surface area contributed by atoms with Crippen molar-refractivity contribution < 1.29 is 9.90 Å². The molecule has 2 nitrogen and oxygen atoms in total. The van der Waals surface area contributed by atoms with Crippen molar-refractivity contribution >= 4 is 49.4 Å². The number of alkyl halides is 2. The highest BCUT2D eigenvalue weighted by Gasteiger charge is 2.22. The molecule has 0 aromatic heterocycles. The number of benzene rings is 2. The van der Waals surface area contributed by atoms with Crippen LogP contribution in [0.5, 0.6) is 0 Å². The van der Waals surface area contributed by atoms with Crippen molar-refractivity contribution in [2.24, 2.45) is 0 Å². The Kier molecular flexibility index (Phi) is 4.62. The first-order valence-electron chi connectivity index (χ1n) is 6.88. The summed E-state index contributed by atoms with van der Waals surface area (Å²) in [5, 5.41) is 11.8. The highest BCUT2D eigenvalue weighted by molar-refractivity contribution is 9.12. The molecule has 114 valence electrons. The molecule has 0 radical (unpaired) electrons. The van der Waals surface area contributed by atoms with E-state index in [4.69, 9.17) is 11.6 Å². The third-order valence-electron chi connectivity index (χ3n) is 3.95. The maximum atomic E-state index is 11.0. The van der Waals surface area contributed by atoms with Crippen LogP contribution in [-0.4, -0.2) is 10.8 Å². The van der Waals surface area contributed by atoms with Gasteiger partial charge in [0.05, 0.1) is 15.6 Å². The molecule has 22 heavy (non-hydrogen) atoms. The fraction of sp³-hybridized carbons (Fsp3) is 0.235. The van der Waals surface area contributed by atoms with E-state index in [-0.39, 0.29) is 4.83 Å². The van der Waals surface area contributed by atoms with Crippen LogP contribution in [0.4, 0.5) is 0 Å². The minimum Gasteiger partial charge on any atom is -0.549 e. The second kappa shape index (κ2) is 6.34. The summed E-state index contributed by atoms with van der Waals surface area (Å²) in [6.07, 6.45) is 1.87. The number of hydrogen-bond donors (Lipinski definition) is 0. The van der Waals surface area contributed by atoms with E-state index in [0.717, 1.165) is 23.4 Å². The van der Waals surface area contributed by atoms with E-state index >= 15 is 0 Å². The molecule has 0 amide bonds. The zero-order valence-corrected chi connectivity index (χ0v) is 15.4. The van der Waals surface area contributed by atoms with Gasteiger partial charge in [0.1, 0.15) is 0 Å². The van der Waals surface area contributed by atoms with E-state index in [0.29, 0.717) is 0 Å². The summed E-state index contributed by atoms with van der Waals surface area (Å²) in [7, 11) is 0. The third kappa shape index (κ3) is 2.97. The Morgan fingerprint density at radius 3 is 2.27 bits per heavy atom. The highest BCUT2D eigenvalue weighted by atomic mass is 79.9. The summed E-state index contributed by atoms with van der Waals surface area (Å²) >= 11 is 12.6. The van der Waals surface area contributed by atoms with Crippen LogP contribution < -0.4 is 5.11 Å². The molecular formula is C17H12Br2ClO2-. The number of aryl methyl sites for hydroxylation is 2. The predicted octanol–water partition coefficient (Wildman–Crippen LogP) is 4.06. The predicted molar refractivity (Wildman–Crippen MR) is 93.7 cm³/mol. The van der Waals surface area contributed by atoms with Gasteiger partial charge < -0.3 is 9.90 Å². The molecule has 0 heterocycles. The molecule has 0 saturated carbocycles. The van der Waals surface area contributed by atoms with Gasteiger partial charge in [-0.15, -0.1) is 0 Å². The SMILES string of the molecule is O=C([O-])C(Br)C(Br)c1ccc2c(c1)CCc1cc(Cl)ccc1-2. The first-order valence-corrected chi connectivity index (χ1v) is 9.09. The molecule has 0 saturated heterocycles. The Labute approximate surface area is 150 Å². The van der Waals surface area contributed by atoms with Gasteiger partial charge in [0.25, 0.3) is 0 Å². The molecule has 0 N–H and O–H groups in total. The van der Waals surface area contributed by atoms with Crippen LogP contribution in [-0.2, 0) is 17.6 Å². The van der Waals surface area contributed by atoms with Crippen molar-refractivity contribution in [2.75, 3.05) is 0 Å². The number of fused-ring (bicyclic) bond motifs is 3. The molecule has 1 aliphatic rings. The second-order valence-corrected chi connectivity index (χ2v) is 7.75. The molecule has 0 spiro atoms. The Morgan fingerprint density at radius 1 is 1.05 bits per heavy atom. The van der Waals surface area contributed by atoms with Gasteiger partial charge in [-0.2, -0.15) is 0 Å². The Morgan fingerprint density at radius 2 is 1.64 bits per heavy atom. The molecule has 3 rings (SSSR count). The molecular weight excluding hydrogens is 431 g/mol. The average Bonchev–Trinajstić information content (AvgIpc) is 2.52. The first kappa shape index (κ1) is 16.0. The van der Waals surface area contributed by atoms with E-state index in [1.54, 1.807) is 0 Å². The lowest BCUT2D eigenvalue weighted by Gasteiger charge is -2.23. The number of halogens is 3. The molecule has 0 fully saturated rings. The van der Waals surface area contributed by atoms with Crippen molar-refractivity contribution in [1.29, 1.82) is 0 Å². The standard InChI is InChI=1S/C17H13Br2ClO2/c18-15(16(19)17(21)22)11-3-5-13-9(7-11)1-2-10-8-12(20)4-6-14(10)13/h3-8,15-16H,1-2H2,(H,21,22)/p-1. The monoisotopic (exact) mass is 441 g/mol. The fourth-order valence-electron chi connectivity index (χ4n) is 2.84. The van der Waals surface area contributed by atoms with Gasteiger partial charge in [0.2, 0.25) is 0 Å².